The third kappa shape index (κ3) is 4.12. The molecule has 0 saturated carbocycles. The molecule has 2 saturated heterocycles. The summed E-state index contributed by atoms with van der Waals surface area (Å²) < 4.78 is 0. The maximum atomic E-state index is 12.7. The maximum absolute atomic E-state index is 12.7. The van der Waals surface area contributed by atoms with Crippen molar-refractivity contribution in [3.8, 4) is 0 Å². The fourth-order valence-corrected chi connectivity index (χ4v) is 4.01. The molecule has 1 N–H and O–H groups in total. The molecule has 1 atom stereocenters. The number of piperidine rings is 1. The number of likely N-dealkylation sites (tertiary alicyclic amines) is 1. The van der Waals surface area contributed by atoms with Crippen LogP contribution in [0.4, 0.5) is 5.69 Å². The van der Waals surface area contributed by atoms with Crippen LogP contribution in [0.5, 0.6) is 0 Å². The number of nitrogens with zero attached hydrogens (tertiary/aromatic N) is 2. The summed E-state index contributed by atoms with van der Waals surface area (Å²) in [6.07, 6.45) is 5.11. The molecule has 2 aliphatic heterocycles. The number of amides is 1. The quantitative estimate of drug-likeness (QED) is 0.907. The highest BCUT2D eigenvalue weighted by Crippen LogP contribution is 2.25. The Kier molecular flexibility index (Phi) is 5.68. The van der Waals surface area contributed by atoms with Crippen LogP contribution in [0.1, 0.15) is 32.6 Å². The van der Waals surface area contributed by atoms with Crippen LogP contribution in [-0.2, 0) is 4.79 Å². The van der Waals surface area contributed by atoms with Gasteiger partial charge in [-0.15, -0.1) is 0 Å². The fraction of sp³-hybridized carbons (Fsp3) is 0.632. The molecule has 0 aromatic heterocycles. The fourth-order valence-electron chi connectivity index (χ4n) is 4.01. The molecule has 0 aliphatic carbocycles. The number of carbonyl (C=O) groups is 1. The third-order valence-electron chi connectivity index (χ3n) is 5.34. The van der Waals surface area contributed by atoms with E-state index in [1.165, 1.54) is 32.2 Å². The number of carbonyl (C=O) groups excluding carboxylic acids is 1. The summed E-state index contributed by atoms with van der Waals surface area (Å²) in [5.74, 6) is 1.02. The summed E-state index contributed by atoms with van der Waals surface area (Å²) in [4.78, 5) is 16.9. The Morgan fingerprint density at radius 3 is 2.57 bits per heavy atom. The predicted molar refractivity (Wildman–Crippen MR) is 94.7 cm³/mol. The zero-order valence-corrected chi connectivity index (χ0v) is 14.2. The summed E-state index contributed by atoms with van der Waals surface area (Å²) in [6.45, 7) is 6.62. The lowest BCUT2D eigenvalue weighted by Crippen LogP contribution is -2.46. The first-order valence-corrected chi connectivity index (χ1v) is 9.09. The topological polar surface area (TPSA) is 35.6 Å². The van der Waals surface area contributed by atoms with E-state index in [-0.39, 0.29) is 5.91 Å². The molecule has 2 fully saturated rings. The maximum Gasteiger partial charge on any atom is 0.241 e. The van der Waals surface area contributed by atoms with Crippen molar-refractivity contribution in [1.29, 1.82) is 0 Å². The largest absolute Gasteiger partial charge is 0.314 e. The van der Waals surface area contributed by atoms with Gasteiger partial charge in [0.25, 0.3) is 0 Å². The lowest BCUT2D eigenvalue weighted by Gasteiger charge is -2.35. The van der Waals surface area contributed by atoms with Gasteiger partial charge in [-0.25, -0.2) is 0 Å². The molecule has 1 unspecified atom stereocenters. The molecule has 2 heterocycles. The van der Waals surface area contributed by atoms with Gasteiger partial charge in [-0.05, 0) is 70.3 Å². The molecule has 0 bridgehead atoms. The van der Waals surface area contributed by atoms with Gasteiger partial charge in [0.15, 0.2) is 0 Å². The van der Waals surface area contributed by atoms with Crippen molar-refractivity contribution in [2.75, 3.05) is 37.6 Å². The molecule has 0 spiro atoms. The van der Waals surface area contributed by atoms with Crippen LogP contribution in [0.15, 0.2) is 30.3 Å². The first-order chi connectivity index (χ1) is 11.3. The van der Waals surface area contributed by atoms with Gasteiger partial charge >= 0.3 is 0 Å². The number of rotatable bonds is 5. The van der Waals surface area contributed by atoms with Crippen molar-refractivity contribution in [3.05, 3.63) is 30.3 Å². The van der Waals surface area contributed by atoms with Crippen LogP contribution < -0.4 is 10.2 Å². The van der Waals surface area contributed by atoms with E-state index >= 15 is 0 Å². The van der Waals surface area contributed by atoms with Crippen LogP contribution in [0.2, 0.25) is 0 Å². The van der Waals surface area contributed by atoms with E-state index < -0.39 is 0 Å². The highest BCUT2D eigenvalue weighted by Gasteiger charge is 2.29. The van der Waals surface area contributed by atoms with Gasteiger partial charge < -0.3 is 10.2 Å². The summed E-state index contributed by atoms with van der Waals surface area (Å²) in [5, 5.41) is 3.64. The highest BCUT2D eigenvalue weighted by atomic mass is 16.2. The van der Waals surface area contributed by atoms with E-state index in [1.807, 2.05) is 42.2 Å². The van der Waals surface area contributed by atoms with Crippen LogP contribution in [0.25, 0.3) is 0 Å². The molecule has 23 heavy (non-hydrogen) atoms. The SMILES string of the molecule is CCN(C(=O)CN1CCC(C2CCCN2)CC1)c1ccccc1. The van der Waals surface area contributed by atoms with E-state index in [0.717, 1.165) is 37.3 Å². The van der Waals surface area contributed by atoms with Gasteiger partial charge in [0.2, 0.25) is 5.91 Å². The Balaban J connectivity index is 1.50. The molecule has 2 aliphatic rings. The molecule has 1 aromatic carbocycles. The summed E-state index contributed by atoms with van der Waals surface area (Å²) >= 11 is 0. The second kappa shape index (κ2) is 7.93. The van der Waals surface area contributed by atoms with Gasteiger partial charge in [-0.1, -0.05) is 18.2 Å². The van der Waals surface area contributed by atoms with Crippen molar-refractivity contribution >= 4 is 11.6 Å². The monoisotopic (exact) mass is 315 g/mol. The van der Waals surface area contributed by atoms with Gasteiger partial charge in [-0.3, -0.25) is 9.69 Å². The summed E-state index contributed by atoms with van der Waals surface area (Å²) in [6, 6.07) is 10.7. The van der Waals surface area contributed by atoms with Crippen molar-refractivity contribution < 1.29 is 4.79 Å². The number of likely N-dealkylation sites (N-methyl/N-ethyl adjacent to an activating group) is 1. The summed E-state index contributed by atoms with van der Waals surface area (Å²) in [7, 11) is 0. The minimum atomic E-state index is 0.219. The Morgan fingerprint density at radius 2 is 1.96 bits per heavy atom. The lowest BCUT2D eigenvalue weighted by atomic mass is 9.88. The van der Waals surface area contributed by atoms with Crippen LogP contribution in [0, 0.1) is 5.92 Å². The number of hydrogen-bond donors (Lipinski definition) is 1. The minimum Gasteiger partial charge on any atom is -0.314 e. The molecular formula is C19H29N3O. The zero-order valence-electron chi connectivity index (χ0n) is 14.2. The Bertz CT molecular complexity index is 491. The van der Waals surface area contributed by atoms with Crippen LogP contribution in [0.3, 0.4) is 0 Å². The van der Waals surface area contributed by atoms with Crippen molar-refractivity contribution in [2.24, 2.45) is 5.92 Å². The second-order valence-corrected chi connectivity index (χ2v) is 6.79. The lowest BCUT2D eigenvalue weighted by molar-refractivity contribution is -0.120. The van der Waals surface area contributed by atoms with Gasteiger partial charge in [-0.2, -0.15) is 0 Å². The Morgan fingerprint density at radius 1 is 1.22 bits per heavy atom. The first-order valence-electron chi connectivity index (χ1n) is 9.09. The molecule has 0 radical (unpaired) electrons. The van der Waals surface area contributed by atoms with Crippen LogP contribution >= 0.6 is 0 Å². The van der Waals surface area contributed by atoms with Crippen LogP contribution in [-0.4, -0.2) is 49.6 Å². The van der Waals surface area contributed by atoms with E-state index in [1.54, 1.807) is 0 Å². The van der Waals surface area contributed by atoms with E-state index in [0.29, 0.717) is 6.54 Å². The van der Waals surface area contributed by atoms with Gasteiger partial charge in [0.05, 0.1) is 6.54 Å². The third-order valence-corrected chi connectivity index (χ3v) is 5.34. The van der Waals surface area contributed by atoms with Gasteiger partial charge in [0.1, 0.15) is 0 Å². The summed E-state index contributed by atoms with van der Waals surface area (Å²) in [5.41, 5.74) is 1.00. The first kappa shape index (κ1) is 16.5. The zero-order chi connectivity index (χ0) is 16.1. The predicted octanol–water partition coefficient (Wildman–Crippen LogP) is 2.50. The van der Waals surface area contributed by atoms with Gasteiger partial charge in [0, 0.05) is 18.3 Å². The second-order valence-electron chi connectivity index (χ2n) is 6.79. The molecule has 3 rings (SSSR count). The Hall–Kier alpha value is -1.39. The molecule has 4 nitrogen and oxygen atoms in total. The average molecular weight is 315 g/mol. The smallest absolute Gasteiger partial charge is 0.241 e. The van der Waals surface area contributed by atoms with Crippen molar-refractivity contribution in [2.45, 2.75) is 38.6 Å². The molecular weight excluding hydrogens is 286 g/mol. The number of nitrogens with one attached hydrogen (secondary N) is 1. The molecule has 1 aromatic rings. The standard InChI is InChI=1S/C19H29N3O/c1-2-22(17-7-4-3-5-8-17)19(23)15-21-13-10-16(11-14-21)18-9-6-12-20-18/h3-5,7-8,16,18,20H,2,6,9-15H2,1H3. The normalized spacial score (nSPS) is 23.1. The highest BCUT2D eigenvalue weighted by molar-refractivity contribution is 5.94. The van der Waals surface area contributed by atoms with E-state index in [2.05, 4.69) is 10.2 Å². The van der Waals surface area contributed by atoms with E-state index in [9.17, 15) is 4.79 Å². The molecule has 4 heteroatoms. The Labute approximate surface area is 139 Å². The number of para-hydroxylation sites is 1. The minimum absolute atomic E-state index is 0.219. The van der Waals surface area contributed by atoms with Crippen molar-refractivity contribution in [3.63, 3.8) is 0 Å². The molecule has 1 amide bonds. The molecule has 126 valence electrons. The van der Waals surface area contributed by atoms with E-state index in [4.69, 9.17) is 0 Å². The number of anilines is 1. The van der Waals surface area contributed by atoms with Crippen molar-refractivity contribution in [1.82, 2.24) is 10.2 Å². The number of benzene rings is 1. The average Bonchev–Trinajstić information content (AvgIpc) is 3.12. The number of hydrogen-bond acceptors (Lipinski definition) is 3.